The molecule has 3 rings (SSSR count). The summed E-state index contributed by atoms with van der Waals surface area (Å²) in [5.74, 6) is -0.593. The predicted octanol–water partition coefficient (Wildman–Crippen LogP) is 2.67. The maximum atomic E-state index is 12.4. The van der Waals surface area contributed by atoms with Crippen LogP contribution in [0.15, 0.2) is 18.3 Å². The zero-order valence-electron chi connectivity index (χ0n) is 16.1. The summed E-state index contributed by atoms with van der Waals surface area (Å²) in [4.78, 5) is 35.7. The van der Waals surface area contributed by atoms with Crippen LogP contribution in [-0.4, -0.2) is 33.4 Å². The largest absolute Gasteiger partial charge is 0.367 e. The number of urea groups is 1. The number of nitrogens with zero attached hydrogens (tertiary/aromatic N) is 3. The van der Waals surface area contributed by atoms with Gasteiger partial charge >= 0.3 is 6.03 Å². The number of rotatable bonds is 3. The summed E-state index contributed by atoms with van der Waals surface area (Å²) in [5, 5.41) is 0.521. The Balaban J connectivity index is 2.12. The summed E-state index contributed by atoms with van der Waals surface area (Å²) < 4.78 is 0. The first kappa shape index (κ1) is 19.3. The number of amides is 3. The molecule has 1 aliphatic heterocycles. The highest BCUT2D eigenvalue weighted by atomic mass is 32.1. The third-order valence-electron chi connectivity index (χ3n) is 5.00. The number of carbonyl (C=O) groups is 2. The molecule has 4 N–H and O–H groups in total. The van der Waals surface area contributed by atoms with Crippen molar-refractivity contribution in [3.05, 3.63) is 34.7 Å². The number of aryl methyl sites for hydroxylation is 1. The normalized spacial score (nSPS) is 20.1. The molecule has 2 aromatic heterocycles. The lowest BCUT2D eigenvalue weighted by molar-refractivity contribution is -0.127. The molecule has 1 saturated heterocycles. The molecule has 1 aliphatic rings. The van der Waals surface area contributed by atoms with Crippen molar-refractivity contribution in [3.63, 3.8) is 0 Å². The Morgan fingerprint density at radius 1 is 1.30 bits per heavy atom. The maximum Gasteiger partial charge on any atom is 0.316 e. The van der Waals surface area contributed by atoms with E-state index in [1.54, 1.807) is 6.20 Å². The van der Waals surface area contributed by atoms with Crippen molar-refractivity contribution in [2.24, 2.45) is 11.5 Å². The molecular weight excluding hydrogens is 362 g/mol. The van der Waals surface area contributed by atoms with Gasteiger partial charge in [0.1, 0.15) is 5.01 Å². The fourth-order valence-electron chi connectivity index (χ4n) is 3.52. The number of likely N-dealkylation sites (tertiary alicyclic amines) is 1. The Hall–Kier alpha value is -2.48. The molecule has 0 aromatic carbocycles. The topological polar surface area (TPSA) is 115 Å². The summed E-state index contributed by atoms with van der Waals surface area (Å²) >= 11 is 1.39. The first-order valence-corrected chi connectivity index (χ1v) is 9.71. The van der Waals surface area contributed by atoms with E-state index in [-0.39, 0.29) is 5.41 Å². The van der Waals surface area contributed by atoms with E-state index in [9.17, 15) is 9.59 Å². The molecule has 2 aromatic rings. The molecule has 144 valence electrons. The lowest BCUT2D eigenvalue weighted by atomic mass is 9.90. The Morgan fingerprint density at radius 3 is 2.59 bits per heavy atom. The van der Waals surface area contributed by atoms with Crippen LogP contribution in [0, 0.1) is 6.92 Å². The molecular formula is C19H25N5O2S. The SMILES string of the molecule is Cc1nc(C2(C(N)=O)CCCN2C(N)=O)sc1-c1ccnc(C(C)(C)C)c1. The molecule has 0 bridgehead atoms. The van der Waals surface area contributed by atoms with E-state index in [0.29, 0.717) is 24.4 Å². The maximum absolute atomic E-state index is 12.4. The highest BCUT2D eigenvalue weighted by Gasteiger charge is 2.52. The van der Waals surface area contributed by atoms with Gasteiger partial charge in [-0.1, -0.05) is 20.8 Å². The summed E-state index contributed by atoms with van der Waals surface area (Å²) in [7, 11) is 0. The van der Waals surface area contributed by atoms with Crippen molar-refractivity contribution in [1.82, 2.24) is 14.9 Å². The second-order valence-corrected chi connectivity index (χ2v) is 8.93. The van der Waals surface area contributed by atoms with Gasteiger partial charge < -0.3 is 16.4 Å². The second-order valence-electron chi connectivity index (χ2n) is 7.93. The average molecular weight is 388 g/mol. The van der Waals surface area contributed by atoms with Crippen molar-refractivity contribution < 1.29 is 9.59 Å². The molecule has 8 heteroatoms. The molecule has 3 heterocycles. The van der Waals surface area contributed by atoms with Crippen LogP contribution in [0.1, 0.15) is 50.0 Å². The summed E-state index contributed by atoms with van der Waals surface area (Å²) in [6.45, 7) is 8.61. The van der Waals surface area contributed by atoms with Crippen molar-refractivity contribution in [2.75, 3.05) is 6.54 Å². The van der Waals surface area contributed by atoms with Gasteiger partial charge in [0.25, 0.3) is 5.91 Å². The lowest BCUT2D eigenvalue weighted by Crippen LogP contribution is -2.55. The van der Waals surface area contributed by atoms with Crippen molar-refractivity contribution in [3.8, 4) is 10.4 Å². The van der Waals surface area contributed by atoms with Gasteiger partial charge in [0.2, 0.25) is 0 Å². The van der Waals surface area contributed by atoms with Crippen LogP contribution in [0.2, 0.25) is 0 Å². The molecule has 0 saturated carbocycles. The summed E-state index contributed by atoms with van der Waals surface area (Å²) in [5.41, 5.74) is 12.7. The molecule has 0 aliphatic carbocycles. The van der Waals surface area contributed by atoms with Gasteiger partial charge in [-0.3, -0.25) is 9.78 Å². The monoisotopic (exact) mass is 387 g/mol. The fourth-order valence-corrected chi connectivity index (χ4v) is 4.82. The van der Waals surface area contributed by atoms with E-state index in [1.165, 1.54) is 16.2 Å². The minimum absolute atomic E-state index is 0.0832. The minimum atomic E-state index is -1.26. The summed E-state index contributed by atoms with van der Waals surface area (Å²) in [6, 6.07) is 3.32. The van der Waals surface area contributed by atoms with Gasteiger partial charge in [-0.2, -0.15) is 0 Å². The van der Waals surface area contributed by atoms with Gasteiger partial charge in [-0.15, -0.1) is 11.3 Å². The number of carbonyl (C=O) groups excluding carboxylic acids is 2. The number of nitrogens with two attached hydrogens (primary N) is 2. The molecule has 1 fully saturated rings. The highest BCUT2D eigenvalue weighted by molar-refractivity contribution is 7.15. The van der Waals surface area contributed by atoms with Crippen LogP contribution >= 0.6 is 11.3 Å². The van der Waals surface area contributed by atoms with Gasteiger partial charge in [-0.05, 0) is 37.5 Å². The third kappa shape index (κ3) is 3.18. The Morgan fingerprint density at radius 2 is 2.00 bits per heavy atom. The molecule has 0 radical (unpaired) electrons. The zero-order valence-corrected chi connectivity index (χ0v) is 16.9. The number of thiazole rings is 1. The van der Waals surface area contributed by atoms with E-state index in [1.807, 2.05) is 19.1 Å². The van der Waals surface area contributed by atoms with Crippen LogP contribution in [-0.2, 0) is 15.7 Å². The van der Waals surface area contributed by atoms with Crippen molar-refractivity contribution in [2.45, 2.75) is 51.5 Å². The molecule has 1 unspecified atom stereocenters. The fraction of sp³-hybridized carbons (Fsp3) is 0.474. The standard InChI is InChI=1S/C19H25N5O2S/c1-11-14(12-6-8-22-13(10-12)18(2,3)4)27-16(23-11)19(15(20)25)7-5-9-24(19)17(21)26/h6,8,10H,5,7,9H2,1-4H3,(H2,20,25)(H2,21,26). The second kappa shape index (κ2) is 6.60. The van der Waals surface area contributed by atoms with Crippen LogP contribution in [0.4, 0.5) is 4.79 Å². The first-order chi connectivity index (χ1) is 12.6. The van der Waals surface area contributed by atoms with E-state index in [2.05, 4.69) is 30.7 Å². The van der Waals surface area contributed by atoms with Gasteiger partial charge in [-0.25, -0.2) is 9.78 Å². The predicted molar refractivity (Wildman–Crippen MR) is 105 cm³/mol. The molecule has 27 heavy (non-hydrogen) atoms. The Bertz CT molecular complexity index is 902. The van der Waals surface area contributed by atoms with Gasteiger partial charge in [0, 0.05) is 23.9 Å². The van der Waals surface area contributed by atoms with Crippen molar-refractivity contribution >= 4 is 23.3 Å². The quantitative estimate of drug-likeness (QED) is 0.842. The van der Waals surface area contributed by atoms with Gasteiger partial charge in [0.15, 0.2) is 5.54 Å². The van der Waals surface area contributed by atoms with E-state index in [4.69, 9.17) is 11.5 Å². The smallest absolute Gasteiger partial charge is 0.316 e. The molecule has 7 nitrogen and oxygen atoms in total. The van der Waals surface area contributed by atoms with Gasteiger partial charge in [0.05, 0.1) is 10.6 Å². The zero-order chi connectivity index (χ0) is 20.0. The molecule has 0 spiro atoms. The molecule has 3 amide bonds. The van der Waals surface area contributed by atoms with E-state index >= 15 is 0 Å². The highest BCUT2D eigenvalue weighted by Crippen LogP contribution is 2.43. The minimum Gasteiger partial charge on any atom is -0.367 e. The number of primary amides is 2. The summed E-state index contributed by atoms with van der Waals surface area (Å²) in [6.07, 6.45) is 2.87. The van der Waals surface area contributed by atoms with E-state index < -0.39 is 17.5 Å². The van der Waals surface area contributed by atoms with Crippen LogP contribution in [0.3, 0.4) is 0 Å². The Kier molecular flexibility index (Phi) is 4.71. The van der Waals surface area contributed by atoms with Crippen LogP contribution in [0.5, 0.6) is 0 Å². The molecule has 1 atom stereocenters. The number of pyridine rings is 1. The lowest BCUT2D eigenvalue weighted by Gasteiger charge is -2.32. The average Bonchev–Trinajstić information content (AvgIpc) is 3.18. The number of hydrogen-bond acceptors (Lipinski definition) is 5. The van der Waals surface area contributed by atoms with Crippen LogP contribution in [0.25, 0.3) is 10.4 Å². The number of hydrogen-bond donors (Lipinski definition) is 2. The third-order valence-corrected chi connectivity index (χ3v) is 6.35. The number of aromatic nitrogens is 2. The van der Waals surface area contributed by atoms with E-state index in [0.717, 1.165) is 21.8 Å². The Labute approximate surface area is 162 Å². The van der Waals surface area contributed by atoms with Crippen molar-refractivity contribution in [1.29, 1.82) is 0 Å². The van der Waals surface area contributed by atoms with Crippen LogP contribution < -0.4 is 11.5 Å². The first-order valence-electron chi connectivity index (χ1n) is 8.89.